The Kier molecular flexibility index (Phi) is 16.9. The maximum Gasteiger partial charge on any atom is 0.514 e. The first-order valence-corrected chi connectivity index (χ1v) is 14.1. The second-order valence-electron chi connectivity index (χ2n) is 9.58. The number of nitrogens with one attached hydrogen (secondary N) is 1. The Balaban J connectivity index is 2.99. The van der Waals surface area contributed by atoms with Crippen molar-refractivity contribution >= 4 is 24.4 Å². The van der Waals surface area contributed by atoms with Crippen molar-refractivity contribution in [2.45, 2.75) is 104 Å². The fourth-order valence-electron chi connectivity index (χ4n) is 3.24. The minimum atomic E-state index is -0.980. The lowest BCUT2D eigenvalue weighted by atomic mass is 10.0. The van der Waals surface area contributed by atoms with E-state index in [0.29, 0.717) is 18.4 Å². The molecular weight excluding hydrogens is 538 g/mol. The van der Waals surface area contributed by atoms with Crippen molar-refractivity contribution in [1.82, 2.24) is 5.32 Å². The number of hydrogen-bond donors (Lipinski definition) is 1. The number of carbonyl (C=O) groups is 4. The van der Waals surface area contributed by atoms with Crippen LogP contribution in [0.3, 0.4) is 0 Å². The molecule has 3 unspecified atom stereocenters. The van der Waals surface area contributed by atoms with Gasteiger partial charge in [0, 0.05) is 6.54 Å². The highest BCUT2D eigenvalue weighted by molar-refractivity contribution is 5.76. The molecule has 0 saturated carbocycles. The van der Waals surface area contributed by atoms with Gasteiger partial charge in [0.1, 0.15) is 24.4 Å². The predicted molar refractivity (Wildman–Crippen MR) is 149 cm³/mol. The number of benzene rings is 1. The Hall–Kier alpha value is -3.54. The summed E-state index contributed by atoms with van der Waals surface area (Å²) in [5.74, 6) is -0.719. The van der Waals surface area contributed by atoms with E-state index in [9.17, 15) is 19.2 Å². The van der Waals surface area contributed by atoms with E-state index in [0.717, 1.165) is 19.3 Å². The lowest BCUT2D eigenvalue weighted by Crippen LogP contribution is -2.43. The van der Waals surface area contributed by atoms with Gasteiger partial charge >= 0.3 is 24.4 Å². The average Bonchev–Trinajstić information content (AvgIpc) is 2.93. The smallest absolute Gasteiger partial charge is 0.468 e. The molecule has 0 radical (unpaired) electrons. The first-order valence-electron chi connectivity index (χ1n) is 14.1. The van der Waals surface area contributed by atoms with Crippen LogP contribution in [0.5, 0.6) is 11.5 Å². The van der Waals surface area contributed by atoms with Gasteiger partial charge in [0.05, 0.1) is 13.7 Å². The largest absolute Gasteiger partial charge is 0.514 e. The van der Waals surface area contributed by atoms with Crippen LogP contribution in [0, 0.1) is 0 Å². The summed E-state index contributed by atoms with van der Waals surface area (Å²) in [6.45, 7) is 11.3. The van der Waals surface area contributed by atoms with Crippen molar-refractivity contribution in [3.05, 3.63) is 23.8 Å². The van der Waals surface area contributed by atoms with E-state index < -0.39 is 42.7 Å². The topological polar surface area (TPSA) is 145 Å². The summed E-state index contributed by atoms with van der Waals surface area (Å²) in [7, 11) is 1.25. The zero-order chi connectivity index (χ0) is 30.8. The van der Waals surface area contributed by atoms with Crippen molar-refractivity contribution in [2.24, 2.45) is 0 Å². The third-order valence-corrected chi connectivity index (χ3v) is 5.98. The highest BCUT2D eigenvalue weighted by atomic mass is 16.8. The highest BCUT2D eigenvalue weighted by Gasteiger charge is 2.24. The van der Waals surface area contributed by atoms with Gasteiger partial charge in [-0.25, -0.2) is 14.4 Å². The molecule has 0 aromatic heterocycles. The molecule has 4 atom stereocenters. The minimum absolute atomic E-state index is 0.0646. The number of carbonyl (C=O) groups excluding carboxylic acids is 4. The van der Waals surface area contributed by atoms with Gasteiger partial charge in [-0.2, -0.15) is 0 Å². The Bertz CT molecular complexity index is 968. The van der Waals surface area contributed by atoms with E-state index in [2.05, 4.69) is 5.32 Å². The number of esters is 1. The SMILES string of the molecule is CCCCCOC(=O)OC(C)CN[C@@H](Cc1ccc(OC(=O)OC(C)CC)c(OC(=O)OC(C)CC)c1)C(=O)OC. The quantitative estimate of drug-likeness (QED) is 0.104. The number of unbranched alkanes of at least 4 members (excludes halogenated alkanes) is 2. The number of hydrogen-bond acceptors (Lipinski definition) is 12. The third-order valence-electron chi connectivity index (χ3n) is 5.98. The van der Waals surface area contributed by atoms with E-state index in [-0.39, 0.29) is 37.2 Å². The van der Waals surface area contributed by atoms with Crippen molar-refractivity contribution in [3.8, 4) is 11.5 Å². The van der Waals surface area contributed by atoms with Gasteiger partial charge in [-0.1, -0.05) is 39.7 Å². The lowest BCUT2D eigenvalue weighted by Gasteiger charge is -2.20. The molecule has 0 heterocycles. The first kappa shape index (κ1) is 35.5. The van der Waals surface area contributed by atoms with Crippen LogP contribution in [-0.4, -0.2) is 69.1 Å². The van der Waals surface area contributed by atoms with Gasteiger partial charge in [0.15, 0.2) is 11.5 Å². The predicted octanol–water partition coefficient (Wildman–Crippen LogP) is 5.72. The molecule has 1 aromatic rings. The average molecular weight is 584 g/mol. The molecule has 0 aliphatic carbocycles. The molecule has 12 nitrogen and oxygen atoms in total. The Morgan fingerprint density at radius 3 is 1.93 bits per heavy atom. The fourth-order valence-corrected chi connectivity index (χ4v) is 3.24. The van der Waals surface area contributed by atoms with Crippen LogP contribution < -0.4 is 14.8 Å². The van der Waals surface area contributed by atoms with Gasteiger partial charge in [0.25, 0.3) is 0 Å². The third kappa shape index (κ3) is 14.6. The zero-order valence-electron chi connectivity index (χ0n) is 25.2. The molecule has 1 N–H and O–H groups in total. The first-order chi connectivity index (χ1) is 19.5. The number of methoxy groups -OCH3 is 1. The summed E-state index contributed by atoms with van der Waals surface area (Å²) in [6.07, 6.45) is -0.0985. The Morgan fingerprint density at radius 1 is 0.780 bits per heavy atom. The second-order valence-corrected chi connectivity index (χ2v) is 9.58. The molecule has 0 saturated heterocycles. The standard InChI is InChI=1S/C29H45NO11/c1-8-11-12-15-36-27(32)39-21(6)18-30-23(26(31)35-7)16-22-13-14-24(40-28(33)37-19(4)9-2)25(17-22)41-29(34)38-20(5)10-3/h13-14,17,19-21,23,30H,8-12,15-16,18H2,1-7H3/t19?,20?,21?,23-/m0/s1. The van der Waals surface area contributed by atoms with Gasteiger partial charge in [-0.3, -0.25) is 4.79 Å². The maximum atomic E-state index is 12.5. The number of ether oxygens (including phenoxy) is 7. The van der Waals surface area contributed by atoms with Gasteiger partial charge in [-0.15, -0.1) is 0 Å². The van der Waals surface area contributed by atoms with E-state index in [1.54, 1.807) is 26.8 Å². The maximum absolute atomic E-state index is 12.5. The van der Waals surface area contributed by atoms with Crippen LogP contribution in [0.2, 0.25) is 0 Å². The van der Waals surface area contributed by atoms with Gasteiger partial charge in [0.2, 0.25) is 0 Å². The Labute approximate surface area is 242 Å². The van der Waals surface area contributed by atoms with Crippen molar-refractivity contribution < 1.29 is 52.3 Å². The summed E-state index contributed by atoms with van der Waals surface area (Å²) in [6, 6.07) is 3.64. The zero-order valence-corrected chi connectivity index (χ0v) is 25.2. The summed E-state index contributed by atoms with van der Waals surface area (Å²) < 4.78 is 36.2. The molecule has 232 valence electrons. The summed E-state index contributed by atoms with van der Waals surface area (Å²) in [4.78, 5) is 48.9. The van der Waals surface area contributed by atoms with Crippen molar-refractivity contribution in [1.29, 1.82) is 0 Å². The highest BCUT2D eigenvalue weighted by Crippen LogP contribution is 2.30. The molecule has 41 heavy (non-hydrogen) atoms. The van der Waals surface area contributed by atoms with Crippen LogP contribution >= 0.6 is 0 Å². The lowest BCUT2D eigenvalue weighted by molar-refractivity contribution is -0.143. The number of rotatable bonds is 17. The molecule has 1 aromatic carbocycles. The molecule has 0 aliphatic rings. The molecule has 1 rings (SSSR count). The monoisotopic (exact) mass is 583 g/mol. The Morgan fingerprint density at radius 2 is 1.37 bits per heavy atom. The van der Waals surface area contributed by atoms with Crippen molar-refractivity contribution in [2.75, 3.05) is 20.3 Å². The normalized spacial score (nSPS) is 13.6. The van der Waals surface area contributed by atoms with Crippen molar-refractivity contribution in [3.63, 3.8) is 0 Å². The van der Waals surface area contributed by atoms with Crippen LogP contribution in [0.15, 0.2) is 18.2 Å². The molecule has 0 bridgehead atoms. The molecule has 0 amide bonds. The molecule has 0 aliphatic heterocycles. The molecule has 0 spiro atoms. The van der Waals surface area contributed by atoms with Crippen LogP contribution in [0.25, 0.3) is 0 Å². The molecule has 0 fully saturated rings. The van der Waals surface area contributed by atoms with E-state index in [4.69, 9.17) is 33.2 Å². The molecular formula is C29H45NO11. The minimum Gasteiger partial charge on any atom is -0.468 e. The second kappa shape index (κ2) is 19.5. The summed E-state index contributed by atoms with van der Waals surface area (Å²) in [5.41, 5.74) is 0.547. The van der Waals surface area contributed by atoms with E-state index in [1.807, 2.05) is 20.8 Å². The van der Waals surface area contributed by atoms with Gasteiger partial charge < -0.3 is 38.5 Å². The molecule has 12 heteroatoms. The van der Waals surface area contributed by atoms with Crippen LogP contribution in [-0.2, 0) is 34.9 Å². The van der Waals surface area contributed by atoms with E-state index in [1.165, 1.54) is 19.2 Å². The van der Waals surface area contributed by atoms with Gasteiger partial charge in [-0.05, 0) is 64.2 Å². The van der Waals surface area contributed by atoms with Crippen LogP contribution in [0.1, 0.15) is 79.2 Å². The van der Waals surface area contributed by atoms with Crippen LogP contribution in [0.4, 0.5) is 14.4 Å². The summed E-state index contributed by atoms with van der Waals surface area (Å²) in [5, 5.41) is 3.02. The van der Waals surface area contributed by atoms with E-state index >= 15 is 0 Å². The summed E-state index contributed by atoms with van der Waals surface area (Å²) >= 11 is 0. The fraction of sp³-hybridized carbons (Fsp3) is 0.655.